The summed E-state index contributed by atoms with van der Waals surface area (Å²) < 4.78 is 5.25. The fraction of sp³-hybridized carbons (Fsp3) is 0.111. The SMILES string of the molecule is CC(NC(=O)Oc1ccccc1)c1cncc2ccccc12. The lowest BCUT2D eigenvalue weighted by atomic mass is 10.0. The number of fused-ring (bicyclic) bond motifs is 1. The summed E-state index contributed by atoms with van der Waals surface area (Å²) in [5.41, 5.74) is 0.961. The number of rotatable bonds is 3. The van der Waals surface area contributed by atoms with Crippen LogP contribution in [0.4, 0.5) is 4.79 Å². The highest BCUT2D eigenvalue weighted by molar-refractivity contribution is 5.85. The van der Waals surface area contributed by atoms with Crippen LogP contribution in [0, 0.1) is 0 Å². The molecule has 22 heavy (non-hydrogen) atoms. The summed E-state index contributed by atoms with van der Waals surface area (Å²) in [5, 5.41) is 4.96. The third-order valence-electron chi connectivity index (χ3n) is 3.45. The molecule has 0 aliphatic carbocycles. The van der Waals surface area contributed by atoms with Crippen LogP contribution in [0.25, 0.3) is 10.8 Å². The molecule has 3 aromatic rings. The maximum atomic E-state index is 12.0. The predicted molar refractivity (Wildman–Crippen MR) is 85.8 cm³/mol. The van der Waals surface area contributed by atoms with Crippen LogP contribution < -0.4 is 10.1 Å². The lowest BCUT2D eigenvalue weighted by molar-refractivity contribution is 0.197. The third kappa shape index (κ3) is 3.06. The second-order valence-corrected chi connectivity index (χ2v) is 5.02. The molecule has 0 saturated heterocycles. The van der Waals surface area contributed by atoms with Crippen molar-refractivity contribution in [1.29, 1.82) is 0 Å². The minimum absolute atomic E-state index is 0.199. The zero-order valence-corrected chi connectivity index (χ0v) is 12.2. The summed E-state index contributed by atoms with van der Waals surface area (Å²) in [5.74, 6) is 0.517. The van der Waals surface area contributed by atoms with E-state index < -0.39 is 6.09 Å². The quantitative estimate of drug-likeness (QED) is 0.791. The summed E-state index contributed by atoms with van der Waals surface area (Å²) >= 11 is 0. The van der Waals surface area contributed by atoms with Crippen LogP contribution in [0.3, 0.4) is 0 Å². The summed E-state index contributed by atoms with van der Waals surface area (Å²) in [6.45, 7) is 1.91. The van der Waals surface area contributed by atoms with Crippen molar-refractivity contribution in [3.05, 3.63) is 72.6 Å². The molecule has 1 heterocycles. The third-order valence-corrected chi connectivity index (χ3v) is 3.45. The highest BCUT2D eigenvalue weighted by Crippen LogP contribution is 2.23. The molecular weight excluding hydrogens is 276 g/mol. The largest absolute Gasteiger partial charge is 0.413 e. The lowest BCUT2D eigenvalue weighted by Crippen LogP contribution is -2.29. The van der Waals surface area contributed by atoms with E-state index >= 15 is 0 Å². The second-order valence-electron chi connectivity index (χ2n) is 5.02. The van der Waals surface area contributed by atoms with Gasteiger partial charge in [-0.05, 0) is 24.4 Å². The molecule has 2 aromatic carbocycles. The van der Waals surface area contributed by atoms with E-state index in [1.54, 1.807) is 18.3 Å². The molecule has 3 rings (SSSR count). The Hall–Kier alpha value is -2.88. The maximum absolute atomic E-state index is 12.0. The van der Waals surface area contributed by atoms with E-state index in [-0.39, 0.29) is 6.04 Å². The first-order chi connectivity index (χ1) is 10.7. The average Bonchev–Trinajstić information content (AvgIpc) is 2.55. The first kappa shape index (κ1) is 14.1. The summed E-state index contributed by atoms with van der Waals surface area (Å²) in [4.78, 5) is 16.2. The zero-order chi connectivity index (χ0) is 15.4. The van der Waals surface area contributed by atoms with Gasteiger partial charge in [0.05, 0.1) is 6.04 Å². The van der Waals surface area contributed by atoms with Gasteiger partial charge in [0.15, 0.2) is 0 Å². The van der Waals surface area contributed by atoms with Gasteiger partial charge in [0.1, 0.15) is 5.75 Å². The highest BCUT2D eigenvalue weighted by Gasteiger charge is 2.14. The first-order valence-corrected chi connectivity index (χ1v) is 7.10. The van der Waals surface area contributed by atoms with Gasteiger partial charge in [0.2, 0.25) is 0 Å². The topological polar surface area (TPSA) is 51.2 Å². The van der Waals surface area contributed by atoms with Crippen molar-refractivity contribution in [1.82, 2.24) is 10.3 Å². The van der Waals surface area contributed by atoms with Crippen molar-refractivity contribution >= 4 is 16.9 Å². The van der Waals surface area contributed by atoms with E-state index in [1.165, 1.54) is 0 Å². The number of carbonyl (C=O) groups is 1. The number of nitrogens with one attached hydrogen (secondary N) is 1. The molecule has 1 atom stereocenters. The standard InChI is InChI=1S/C18H16N2O2/c1-13(20-18(21)22-15-8-3-2-4-9-15)17-12-19-11-14-7-5-6-10-16(14)17/h2-13H,1H3,(H,20,21). The Morgan fingerprint density at radius 1 is 1.05 bits per heavy atom. The monoisotopic (exact) mass is 292 g/mol. The number of benzene rings is 2. The first-order valence-electron chi connectivity index (χ1n) is 7.10. The van der Waals surface area contributed by atoms with Crippen molar-refractivity contribution in [2.45, 2.75) is 13.0 Å². The Morgan fingerprint density at radius 2 is 1.77 bits per heavy atom. The van der Waals surface area contributed by atoms with E-state index in [9.17, 15) is 4.79 Å². The van der Waals surface area contributed by atoms with Crippen LogP contribution in [0.2, 0.25) is 0 Å². The Kier molecular flexibility index (Phi) is 4.01. The highest BCUT2D eigenvalue weighted by atomic mass is 16.6. The Labute approximate surface area is 128 Å². The number of nitrogens with zero attached hydrogens (tertiary/aromatic N) is 1. The van der Waals surface area contributed by atoms with Crippen LogP contribution in [-0.4, -0.2) is 11.1 Å². The van der Waals surface area contributed by atoms with Crippen molar-refractivity contribution in [2.24, 2.45) is 0 Å². The molecule has 1 unspecified atom stereocenters. The van der Waals surface area contributed by atoms with Crippen molar-refractivity contribution < 1.29 is 9.53 Å². The van der Waals surface area contributed by atoms with Gasteiger partial charge in [-0.15, -0.1) is 0 Å². The number of carbonyl (C=O) groups excluding carboxylic acids is 1. The van der Waals surface area contributed by atoms with E-state index in [0.717, 1.165) is 16.3 Å². The van der Waals surface area contributed by atoms with Crippen LogP contribution in [0.5, 0.6) is 5.75 Å². The smallest absolute Gasteiger partial charge is 0.410 e. The van der Waals surface area contributed by atoms with Gasteiger partial charge in [-0.1, -0.05) is 42.5 Å². The molecule has 4 heteroatoms. The minimum atomic E-state index is -0.480. The van der Waals surface area contributed by atoms with E-state index in [4.69, 9.17) is 4.74 Å². The molecule has 1 amide bonds. The van der Waals surface area contributed by atoms with E-state index in [2.05, 4.69) is 10.3 Å². The molecule has 0 fully saturated rings. The zero-order valence-electron chi connectivity index (χ0n) is 12.2. The number of pyridine rings is 1. The van der Waals surface area contributed by atoms with Gasteiger partial charge in [0, 0.05) is 23.3 Å². The Bertz CT molecular complexity index is 782. The van der Waals surface area contributed by atoms with Gasteiger partial charge in [-0.3, -0.25) is 4.98 Å². The lowest BCUT2D eigenvalue weighted by Gasteiger charge is -2.16. The normalized spacial score (nSPS) is 11.9. The fourth-order valence-corrected chi connectivity index (χ4v) is 2.36. The van der Waals surface area contributed by atoms with Crippen LogP contribution in [0.15, 0.2) is 67.0 Å². The minimum Gasteiger partial charge on any atom is -0.410 e. The van der Waals surface area contributed by atoms with E-state index in [0.29, 0.717) is 5.75 Å². The molecule has 1 N–H and O–H groups in total. The van der Waals surface area contributed by atoms with Crippen LogP contribution in [-0.2, 0) is 0 Å². The molecule has 0 aliphatic heterocycles. The maximum Gasteiger partial charge on any atom is 0.413 e. The van der Waals surface area contributed by atoms with E-state index in [1.807, 2.05) is 55.6 Å². The fourth-order valence-electron chi connectivity index (χ4n) is 2.36. The van der Waals surface area contributed by atoms with Gasteiger partial charge >= 0.3 is 6.09 Å². The number of hydrogen-bond acceptors (Lipinski definition) is 3. The molecule has 0 radical (unpaired) electrons. The molecular formula is C18H16N2O2. The van der Waals surface area contributed by atoms with Crippen molar-refractivity contribution in [2.75, 3.05) is 0 Å². The van der Waals surface area contributed by atoms with Gasteiger partial charge in [-0.25, -0.2) is 4.79 Å². The number of para-hydroxylation sites is 1. The Balaban J connectivity index is 1.76. The molecule has 0 spiro atoms. The van der Waals surface area contributed by atoms with Crippen molar-refractivity contribution in [3.8, 4) is 5.75 Å². The summed E-state index contributed by atoms with van der Waals surface area (Å²) in [7, 11) is 0. The van der Waals surface area contributed by atoms with Crippen molar-refractivity contribution in [3.63, 3.8) is 0 Å². The molecule has 1 aromatic heterocycles. The van der Waals surface area contributed by atoms with Gasteiger partial charge in [-0.2, -0.15) is 0 Å². The average molecular weight is 292 g/mol. The predicted octanol–water partition coefficient (Wildman–Crippen LogP) is 4.08. The molecule has 110 valence electrons. The Morgan fingerprint density at radius 3 is 2.59 bits per heavy atom. The van der Waals surface area contributed by atoms with Gasteiger partial charge in [0.25, 0.3) is 0 Å². The number of ether oxygens (including phenoxy) is 1. The molecule has 0 aliphatic rings. The molecule has 0 bridgehead atoms. The van der Waals surface area contributed by atoms with Crippen LogP contribution >= 0.6 is 0 Å². The summed E-state index contributed by atoms with van der Waals surface area (Å²) in [6.07, 6.45) is 3.11. The number of amides is 1. The number of aromatic nitrogens is 1. The molecule has 4 nitrogen and oxygen atoms in total. The second kappa shape index (κ2) is 6.26. The van der Waals surface area contributed by atoms with Crippen LogP contribution in [0.1, 0.15) is 18.5 Å². The van der Waals surface area contributed by atoms with Gasteiger partial charge < -0.3 is 10.1 Å². The molecule has 0 saturated carbocycles. The summed E-state index contributed by atoms with van der Waals surface area (Å²) in [6, 6.07) is 16.8. The number of hydrogen-bond donors (Lipinski definition) is 1.